The molecule has 0 fully saturated rings. The van der Waals surface area contributed by atoms with Crippen molar-refractivity contribution in [1.29, 1.82) is 5.26 Å². The molecule has 0 radical (unpaired) electrons. The number of carbonyl (C=O) groups is 1. The Kier molecular flexibility index (Phi) is 5.76. The third-order valence-electron chi connectivity index (χ3n) is 3.18. The number of carbonyl (C=O) groups excluding carboxylic acids is 1. The lowest BCUT2D eigenvalue weighted by Crippen LogP contribution is -2.33. The molecule has 2 rings (SSSR count). The van der Waals surface area contributed by atoms with Gasteiger partial charge in [-0.25, -0.2) is 4.98 Å². The number of nitrogens with one attached hydrogen (secondary N) is 1. The van der Waals surface area contributed by atoms with Crippen LogP contribution < -0.4 is 15.8 Å². The first kappa shape index (κ1) is 17.3. The van der Waals surface area contributed by atoms with E-state index >= 15 is 0 Å². The lowest BCUT2D eigenvalue weighted by Gasteiger charge is -2.16. The maximum atomic E-state index is 12.2. The molecular formula is C16H14F2N4O2. The van der Waals surface area contributed by atoms with Crippen molar-refractivity contribution < 1.29 is 18.3 Å². The molecule has 0 aliphatic rings. The van der Waals surface area contributed by atoms with Crippen LogP contribution in [-0.2, 0) is 11.3 Å². The summed E-state index contributed by atoms with van der Waals surface area (Å²) in [6.07, 6.45) is 1.33. The Hall–Kier alpha value is -3.05. The van der Waals surface area contributed by atoms with Gasteiger partial charge in [-0.3, -0.25) is 10.1 Å². The average Bonchev–Trinajstić information content (AvgIpc) is 2.55. The highest BCUT2D eigenvalue weighted by Gasteiger charge is 2.17. The molecule has 1 unspecified atom stereocenters. The molecule has 3 N–H and O–H groups in total. The van der Waals surface area contributed by atoms with Crippen molar-refractivity contribution in [1.82, 2.24) is 10.3 Å². The van der Waals surface area contributed by atoms with Crippen LogP contribution in [0.25, 0.3) is 0 Å². The maximum Gasteiger partial charge on any atom is 0.388 e. The molecule has 124 valence electrons. The zero-order valence-electron chi connectivity index (χ0n) is 12.4. The molecule has 0 aliphatic heterocycles. The van der Waals surface area contributed by atoms with Gasteiger partial charge in [-0.2, -0.15) is 14.0 Å². The van der Waals surface area contributed by atoms with Gasteiger partial charge in [0.15, 0.2) is 0 Å². The van der Waals surface area contributed by atoms with E-state index in [0.29, 0.717) is 16.7 Å². The minimum atomic E-state index is -2.96. The van der Waals surface area contributed by atoms with Crippen LogP contribution in [0.15, 0.2) is 42.6 Å². The van der Waals surface area contributed by atoms with E-state index in [2.05, 4.69) is 15.0 Å². The van der Waals surface area contributed by atoms with E-state index in [1.807, 2.05) is 6.07 Å². The third kappa shape index (κ3) is 4.72. The summed E-state index contributed by atoms with van der Waals surface area (Å²) in [4.78, 5) is 15.3. The predicted octanol–water partition coefficient (Wildman–Crippen LogP) is 1.87. The van der Waals surface area contributed by atoms with Crippen LogP contribution in [0, 0.1) is 11.3 Å². The van der Waals surface area contributed by atoms with Crippen molar-refractivity contribution >= 4 is 5.91 Å². The second-order valence-corrected chi connectivity index (χ2v) is 4.83. The molecule has 0 bridgehead atoms. The second-order valence-electron chi connectivity index (χ2n) is 4.83. The van der Waals surface area contributed by atoms with E-state index in [0.717, 1.165) is 0 Å². The van der Waals surface area contributed by atoms with Crippen molar-refractivity contribution in [2.75, 3.05) is 0 Å². The van der Waals surface area contributed by atoms with Crippen LogP contribution >= 0.6 is 0 Å². The van der Waals surface area contributed by atoms with E-state index < -0.39 is 18.6 Å². The summed E-state index contributed by atoms with van der Waals surface area (Å²) in [6.45, 7) is -2.77. The minimum absolute atomic E-state index is 0.190. The number of nitrogens with zero attached hydrogens (tertiary/aromatic N) is 2. The number of aromatic nitrogens is 1. The topological polar surface area (TPSA) is 101 Å². The number of halogens is 2. The van der Waals surface area contributed by atoms with Crippen molar-refractivity contribution in [3.8, 4) is 11.9 Å². The molecule has 1 amide bonds. The number of nitrogens with two attached hydrogens (primary N) is 1. The van der Waals surface area contributed by atoms with Gasteiger partial charge in [-0.1, -0.05) is 12.1 Å². The summed E-state index contributed by atoms with van der Waals surface area (Å²) in [7, 11) is 0. The number of benzene rings is 1. The summed E-state index contributed by atoms with van der Waals surface area (Å²) in [5.41, 5.74) is 7.05. The Morgan fingerprint density at radius 1 is 1.33 bits per heavy atom. The fourth-order valence-electron chi connectivity index (χ4n) is 2.07. The van der Waals surface area contributed by atoms with Gasteiger partial charge in [-0.15, -0.1) is 0 Å². The van der Waals surface area contributed by atoms with Gasteiger partial charge >= 0.3 is 6.61 Å². The first-order valence-electron chi connectivity index (χ1n) is 6.92. The van der Waals surface area contributed by atoms with Crippen LogP contribution in [0.4, 0.5) is 8.78 Å². The molecule has 24 heavy (non-hydrogen) atoms. The summed E-state index contributed by atoms with van der Waals surface area (Å²) in [5, 5.41) is 11.7. The number of amides is 1. The molecule has 8 heteroatoms. The predicted molar refractivity (Wildman–Crippen MR) is 80.8 cm³/mol. The van der Waals surface area contributed by atoms with Crippen molar-refractivity contribution in [3.63, 3.8) is 0 Å². The molecule has 0 aliphatic carbocycles. The lowest BCUT2D eigenvalue weighted by atomic mass is 10.0. The smallest absolute Gasteiger partial charge is 0.388 e. The van der Waals surface area contributed by atoms with Crippen LogP contribution in [0.2, 0.25) is 0 Å². The zero-order chi connectivity index (χ0) is 17.5. The van der Waals surface area contributed by atoms with E-state index in [9.17, 15) is 13.6 Å². The molecule has 0 spiro atoms. The van der Waals surface area contributed by atoms with Crippen LogP contribution in [-0.4, -0.2) is 17.5 Å². The monoisotopic (exact) mass is 332 g/mol. The van der Waals surface area contributed by atoms with E-state index in [1.165, 1.54) is 12.3 Å². The highest BCUT2D eigenvalue weighted by Crippen LogP contribution is 2.16. The third-order valence-corrected chi connectivity index (χ3v) is 3.18. The largest absolute Gasteiger partial charge is 0.417 e. The molecule has 1 heterocycles. The second kappa shape index (κ2) is 7.99. The highest BCUT2D eigenvalue weighted by atomic mass is 19.3. The van der Waals surface area contributed by atoms with Gasteiger partial charge in [0.2, 0.25) is 11.8 Å². The van der Waals surface area contributed by atoms with Gasteiger partial charge in [-0.05, 0) is 29.3 Å². The fourth-order valence-corrected chi connectivity index (χ4v) is 2.07. The molecule has 0 saturated heterocycles. The van der Waals surface area contributed by atoms with Gasteiger partial charge < -0.3 is 10.5 Å². The summed E-state index contributed by atoms with van der Waals surface area (Å²) >= 11 is 0. The van der Waals surface area contributed by atoms with Crippen LogP contribution in [0.3, 0.4) is 0 Å². The highest BCUT2D eigenvalue weighted by molar-refractivity contribution is 5.81. The Balaban J connectivity index is 2.09. The van der Waals surface area contributed by atoms with E-state index in [-0.39, 0.29) is 12.4 Å². The number of rotatable bonds is 7. The Bertz CT molecular complexity index is 744. The van der Waals surface area contributed by atoms with Crippen molar-refractivity contribution in [3.05, 3.63) is 59.3 Å². The van der Waals surface area contributed by atoms with Gasteiger partial charge in [0.25, 0.3) is 0 Å². The zero-order valence-corrected chi connectivity index (χ0v) is 12.4. The quantitative estimate of drug-likeness (QED) is 0.806. The standard InChI is InChI=1S/C16H14F2N4O2/c17-16(18)24-13-7-11(5-6-21-13)9-22-14(15(20)23)12-3-1-10(8-19)2-4-12/h1-7,14,16,22H,9H2,(H2,20,23). The SMILES string of the molecule is N#Cc1ccc(C(NCc2ccnc(OC(F)F)c2)C(N)=O)cc1. The Labute approximate surface area is 136 Å². The molecule has 1 aromatic heterocycles. The number of pyridine rings is 1. The fraction of sp³-hybridized carbons (Fsp3) is 0.188. The molecular weight excluding hydrogens is 318 g/mol. The average molecular weight is 332 g/mol. The van der Waals surface area contributed by atoms with E-state index in [1.54, 1.807) is 30.3 Å². The minimum Gasteiger partial charge on any atom is -0.417 e. The Morgan fingerprint density at radius 3 is 2.62 bits per heavy atom. The molecule has 0 saturated carbocycles. The molecule has 6 nitrogen and oxygen atoms in total. The first-order valence-corrected chi connectivity index (χ1v) is 6.92. The van der Waals surface area contributed by atoms with Gasteiger partial charge in [0, 0.05) is 18.8 Å². The maximum absolute atomic E-state index is 12.2. The van der Waals surface area contributed by atoms with Crippen LogP contribution in [0.5, 0.6) is 5.88 Å². The number of primary amides is 1. The Morgan fingerprint density at radius 2 is 2.04 bits per heavy atom. The van der Waals surface area contributed by atoms with Crippen LogP contribution in [0.1, 0.15) is 22.7 Å². The molecule has 2 aromatic rings. The normalized spacial score (nSPS) is 11.8. The number of alkyl halides is 2. The van der Waals surface area contributed by atoms with Crippen molar-refractivity contribution in [2.45, 2.75) is 19.2 Å². The van der Waals surface area contributed by atoms with E-state index in [4.69, 9.17) is 11.0 Å². The number of hydrogen-bond acceptors (Lipinski definition) is 5. The molecule has 1 atom stereocenters. The lowest BCUT2D eigenvalue weighted by molar-refractivity contribution is -0.120. The summed E-state index contributed by atoms with van der Waals surface area (Å²) in [5.74, 6) is -0.809. The summed E-state index contributed by atoms with van der Waals surface area (Å²) in [6, 6.07) is 10.5. The molecule has 1 aromatic carbocycles. The first-order chi connectivity index (χ1) is 11.5. The van der Waals surface area contributed by atoms with Crippen molar-refractivity contribution in [2.24, 2.45) is 5.73 Å². The number of ether oxygens (including phenoxy) is 1. The van der Waals surface area contributed by atoms with Gasteiger partial charge in [0.1, 0.15) is 6.04 Å². The number of nitriles is 1. The van der Waals surface area contributed by atoms with Gasteiger partial charge in [0.05, 0.1) is 11.6 Å². The number of hydrogen-bond donors (Lipinski definition) is 2. The summed E-state index contributed by atoms with van der Waals surface area (Å²) < 4.78 is 28.6.